The van der Waals surface area contributed by atoms with Crippen molar-refractivity contribution in [3.63, 3.8) is 0 Å². The van der Waals surface area contributed by atoms with Crippen LogP contribution in [-0.4, -0.2) is 16.1 Å². The highest BCUT2D eigenvalue weighted by atomic mass is 127. The molecule has 0 fully saturated rings. The SMILES string of the molecule is O=C(O)/C=C/c1nccc(F)c1I. The number of carbonyl (C=O) groups is 1. The van der Waals surface area contributed by atoms with Crippen molar-refractivity contribution < 1.29 is 14.3 Å². The Bertz CT molecular complexity index is 365. The van der Waals surface area contributed by atoms with E-state index in [0.29, 0.717) is 9.26 Å². The quantitative estimate of drug-likeness (QED) is 0.669. The lowest BCUT2D eigenvalue weighted by Gasteiger charge is -1.96. The first kappa shape index (κ1) is 10.1. The number of nitrogens with zero attached hydrogens (tertiary/aromatic N) is 1. The van der Waals surface area contributed by atoms with E-state index in [2.05, 4.69) is 4.98 Å². The number of aromatic nitrogens is 1. The number of hydrogen-bond acceptors (Lipinski definition) is 2. The van der Waals surface area contributed by atoms with Crippen molar-refractivity contribution >= 4 is 34.6 Å². The van der Waals surface area contributed by atoms with Crippen LogP contribution in [0.25, 0.3) is 6.08 Å². The molecule has 3 nitrogen and oxygen atoms in total. The molecule has 0 aromatic carbocycles. The van der Waals surface area contributed by atoms with E-state index in [1.54, 1.807) is 22.6 Å². The Hall–Kier alpha value is -0.980. The molecule has 1 rings (SSSR count). The second-order valence-electron chi connectivity index (χ2n) is 2.16. The Labute approximate surface area is 87.4 Å². The third-order valence-corrected chi connectivity index (χ3v) is 2.32. The lowest BCUT2D eigenvalue weighted by molar-refractivity contribution is -0.131. The highest BCUT2D eigenvalue weighted by Crippen LogP contribution is 2.14. The molecule has 0 spiro atoms. The molecule has 1 aromatic rings. The molecule has 0 aliphatic rings. The molecule has 0 amide bonds. The predicted molar refractivity (Wildman–Crippen MR) is 53.6 cm³/mol. The number of hydrogen-bond donors (Lipinski definition) is 1. The fourth-order valence-corrected chi connectivity index (χ4v) is 1.20. The number of rotatable bonds is 2. The summed E-state index contributed by atoms with van der Waals surface area (Å²) in [4.78, 5) is 14.0. The number of pyridine rings is 1. The summed E-state index contributed by atoms with van der Waals surface area (Å²) in [5.74, 6) is -1.48. The summed E-state index contributed by atoms with van der Waals surface area (Å²) in [6, 6.07) is 1.22. The van der Waals surface area contributed by atoms with Gasteiger partial charge in [-0.25, -0.2) is 9.18 Å². The van der Waals surface area contributed by atoms with Crippen LogP contribution < -0.4 is 0 Å². The van der Waals surface area contributed by atoms with E-state index >= 15 is 0 Å². The van der Waals surface area contributed by atoms with Crippen LogP contribution in [0.15, 0.2) is 18.3 Å². The van der Waals surface area contributed by atoms with Crippen LogP contribution >= 0.6 is 22.6 Å². The van der Waals surface area contributed by atoms with Gasteiger partial charge < -0.3 is 5.11 Å². The summed E-state index contributed by atoms with van der Waals surface area (Å²) in [5.41, 5.74) is 0.322. The van der Waals surface area contributed by atoms with Crippen molar-refractivity contribution in [2.45, 2.75) is 0 Å². The van der Waals surface area contributed by atoms with Gasteiger partial charge in [-0.05, 0) is 34.7 Å². The van der Waals surface area contributed by atoms with Gasteiger partial charge in [0, 0.05) is 12.3 Å². The van der Waals surface area contributed by atoms with Crippen molar-refractivity contribution in [2.75, 3.05) is 0 Å². The lowest BCUT2D eigenvalue weighted by Crippen LogP contribution is -1.92. The van der Waals surface area contributed by atoms with E-state index in [0.717, 1.165) is 6.08 Å². The van der Waals surface area contributed by atoms with Crippen LogP contribution in [0.3, 0.4) is 0 Å². The lowest BCUT2D eigenvalue weighted by atomic mass is 10.3. The van der Waals surface area contributed by atoms with Crippen LogP contribution in [0, 0.1) is 9.39 Å². The van der Waals surface area contributed by atoms with Gasteiger partial charge in [0.05, 0.1) is 9.26 Å². The van der Waals surface area contributed by atoms with Gasteiger partial charge in [0.1, 0.15) is 5.82 Å². The summed E-state index contributed by atoms with van der Waals surface area (Å²) in [6.07, 6.45) is 3.47. The zero-order valence-corrected chi connectivity index (χ0v) is 8.53. The Kier molecular flexibility index (Phi) is 3.35. The predicted octanol–water partition coefficient (Wildman–Crippen LogP) is 1.92. The van der Waals surface area contributed by atoms with E-state index in [-0.39, 0.29) is 0 Å². The van der Waals surface area contributed by atoms with E-state index in [1.807, 2.05) is 0 Å². The third-order valence-electron chi connectivity index (χ3n) is 1.25. The minimum atomic E-state index is -1.08. The number of carboxylic acids is 1. The molecule has 68 valence electrons. The highest BCUT2D eigenvalue weighted by Gasteiger charge is 2.03. The fraction of sp³-hybridized carbons (Fsp3) is 0. The standard InChI is InChI=1S/C8H5FINO2/c9-5-3-4-11-6(8(5)10)1-2-7(12)13/h1-4H,(H,12,13)/b2-1+. The number of carboxylic acid groups (broad SMARTS) is 1. The Morgan fingerprint density at radius 3 is 3.00 bits per heavy atom. The first-order chi connectivity index (χ1) is 6.11. The minimum Gasteiger partial charge on any atom is -0.478 e. The smallest absolute Gasteiger partial charge is 0.328 e. The molecule has 0 saturated heterocycles. The van der Waals surface area contributed by atoms with E-state index in [4.69, 9.17) is 5.11 Å². The fourth-order valence-electron chi connectivity index (χ4n) is 0.702. The molecule has 0 bridgehead atoms. The average molecular weight is 293 g/mol. The summed E-state index contributed by atoms with van der Waals surface area (Å²) < 4.78 is 13.2. The Morgan fingerprint density at radius 1 is 1.69 bits per heavy atom. The van der Waals surface area contributed by atoms with Gasteiger partial charge in [0.25, 0.3) is 0 Å². The molecule has 13 heavy (non-hydrogen) atoms. The third kappa shape index (κ3) is 2.76. The molecule has 1 heterocycles. The van der Waals surface area contributed by atoms with E-state index < -0.39 is 11.8 Å². The average Bonchev–Trinajstić information content (AvgIpc) is 2.07. The van der Waals surface area contributed by atoms with E-state index in [1.165, 1.54) is 18.3 Å². The maximum Gasteiger partial charge on any atom is 0.328 e. The van der Waals surface area contributed by atoms with Gasteiger partial charge in [-0.2, -0.15) is 0 Å². The summed E-state index contributed by atoms with van der Waals surface area (Å²) in [6.45, 7) is 0. The molecule has 1 aromatic heterocycles. The largest absolute Gasteiger partial charge is 0.478 e. The summed E-state index contributed by atoms with van der Waals surface area (Å²) in [7, 11) is 0. The van der Waals surface area contributed by atoms with Crippen LogP contribution in [-0.2, 0) is 4.79 Å². The summed E-state index contributed by atoms with van der Waals surface area (Å²) in [5, 5.41) is 8.32. The van der Waals surface area contributed by atoms with Crippen molar-refractivity contribution in [3.8, 4) is 0 Å². The molecule has 0 radical (unpaired) electrons. The van der Waals surface area contributed by atoms with Crippen LogP contribution in [0.4, 0.5) is 4.39 Å². The van der Waals surface area contributed by atoms with Crippen LogP contribution in [0.1, 0.15) is 5.69 Å². The Balaban J connectivity index is 3.02. The zero-order valence-electron chi connectivity index (χ0n) is 6.37. The van der Waals surface area contributed by atoms with E-state index in [9.17, 15) is 9.18 Å². The normalized spacial score (nSPS) is 10.6. The topological polar surface area (TPSA) is 50.2 Å². The second kappa shape index (κ2) is 4.31. The van der Waals surface area contributed by atoms with Gasteiger partial charge in [0.15, 0.2) is 0 Å². The highest BCUT2D eigenvalue weighted by molar-refractivity contribution is 14.1. The Morgan fingerprint density at radius 2 is 2.38 bits per heavy atom. The molecular formula is C8H5FINO2. The molecule has 0 saturated carbocycles. The van der Waals surface area contributed by atoms with Crippen molar-refractivity contribution in [1.29, 1.82) is 0 Å². The minimum absolute atomic E-state index is 0.317. The van der Waals surface area contributed by atoms with Crippen LogP contribution in [0.5, 0.6) is 0 Å². The van der Waals surface area contributed by atoms with Gasteiger partial charge in [-0.1, -0.05) is 0 Å². The molecule has 0 atom stereocenters. The van der Waals surface area contributed by atoms with Gasteiger partial charge >= 0.3 is 5.97 Å². The molecule has 0 aliphatic heterocycles. The van der Waals surface area contributed by atoms with Gasteiger partial charge in [0.2, 0.25) is 0 Å². The molecule has 0 unspecified atom stereocenters. The number of aliphatic carboxylic acids is 1. The molecule has 5 heteroatoms. The first-order valence-electron chi connectivity index (χ1n) is 3.32. The second-order valence-corrected chi connectivity index (χ2v) is 3.24. The maximum absolute atomic E-state index is 12.9. The van der Waals surface area contributed by atoms with Gasteiger partial charge in [-0.15, -0.1) is 0 Å². The van der Waals surface area contributed by atoms with Crippen molar-refractivity contribution in [3.05, 3.63) is 33.4 Å². The molecule has 0 aliphatic carbocycles. The molecular weight excluding hydrogens is 288 g/mol. The maximum atomic E-state index is 12.9. The van der Waals surface area contributed by atoms with Crippen molar-refractivity contribution in [2.24, 2.45) is 0 Å². The van der Waals surface area contributed by atoms with Crippen molar-refractivity contribution in [1.82, 2.24) is 4.98 Å². The van der Waals surface area contributed by atoms with Gasteiger partial charge in [-0.3, -0.25) is 4.98 Å². The summed E-state index contributed by atoms with van der Waals surface area (Å²) >= 11 is 1.77. The zero-order chi connectivity index (χ0) is 9.84. The monoisotopic (exact) mass is 293 g/mol. The number of halogens is 2. The first-order valence-corrected chi connectivity index (χ1v) is 4.40. The van der Waals surface area contributed by atoms with Crippen LogP contribution in [0.2, 0.25) is 0 Å². The molecule has 1 N–H and O–H groups in total.